The maximum absolute atomic E-state index is 13.2. The zero-order valence-electron chi connectivity index (χ0n) is 14.5. The molecule has 132 valence electrons. The van der Waals surface area contributed by atoms with E-state index in [4.69, 9.17) is 4.74 Å². The van der Waals surface area contributed by atoms with Crippen molar-refractivity contribution in [3.8, 4) is 0 Å². The van der Waals surface area contributed by atoms with Crippen LogP contribution in [0.1, 0.15) is 17.2 Å². The Morgan fingerprint density at radius 1 is 1.04 bits per heavy atom. The van der Waals surface area contributed by atoms with Gasteiger partial charge in [0, 0.05) is 11.1 Å². The van der Waals surface area contributed by atoms with Gasteiger partial charge in [-0.25, -0.2) is 9.18 Å². The Labute approximate surface area is 147 Å². The first-order valence-electron chi connectivity index (χ1n) is 8.72. The Bertz CT molecular complexity index is 683. The van der Waals surface area contributed by atoms with Crippen molar-refractivity contribution < 1.29 is 23.7 Å². The molecule has 0 amide bonds. The lowest BCUT2D eigenvalue weighted by Crippen LogP contribution is -3.28. The Morgan fingerprint density at radius 3 is 2.28 bits per heavy atom. The highest BCUT2D eigenvalue weighted by Crippen LogP contribution is 2.12. The number of hydrogen-bond acceptors (Lipinski definition) is 2. The van der Waals surface area contributed by atoms with Gasteiger partial charge in [0.05, 0.1) is 7.11 Å². The average Bonchev–Trinajstić information content (AvgIpc) is 2.65. The Hall–Kier alpha value is -2.24. The molecule has 1 aliphatic heterocycles. The lowest BCUT2D eigenvalue weighted by atomic mass is 10.0. The summed E-state index contributed by atoms with van der Waals surface area (Å²) < 4.78 is 18.2. The van der Waals surface area contributed by atoms with Crippen LogP contribution in [-0.4, -0.2) is 39.3 Å². The zero-order valence-corrected chi connectivity index (χ0v) is 14.5. The maximum atomic E-state index is 13.2. The fourth-order valence-corrected chi connectivity index (χ4v) is 3.59. The SMILES string of the molecule is COC(=O)[C@H](c1ccc(F)cc1)[NH+]1CC[NH+](Cc2ccccc2)CC1. The molecule has 0 aliphatic carbocycles. The molecule has 0 spiro atoms. The van der Waals surface area contributed by atoms with Crippen molar-refractivity contribution in [3.05, 3.63) is 71.5 Å². The number of piperazine rings is 1. The standard InChI is InChI=1S/C20H23FN2O2/c1-25-20(24)19(17-7-9-18(21)10-8-17)23-13-11-22(12-14-23)15-16-5-3-2-4-6-16/h2-10,19H,11-15H2,1H3/p+2/t19-/m0/s1. The van der Waals surface area contributed by atoms with Gasteiger partial charge in [-0.1, -0.05) is 30.3 Å². The molecule has 0 radical (unpaired) electrons. The molecular weight excluding hydrogens is 319 g/mol. The molecule has 25 heavy (non-hydrogen) atoms. The summed E-state index contributed by atoms with van der Waals surface area (Å²) in [6, 6.07) is 16.3. The van der Waals surface area contributed by atoms with E-state index in [-0.39, 0.29) is 17.8 Å². The van der Waals surface area contributed by atoms with Gasteiger partial charge >= 0.3 is 5.97 Å². The van der Waals surface area contributed by atoms with Crippen molar-refractivity contribution in [2.45, 2.75) is 12.6 Å². The Balaban J connectivity index is 1.66. The van der Waals surface area contributed by atoms with Gasteiger partial charge in [-0.05, 0) is 24.3 Å². The van der Waals surface area contributed by atoms with E-state index in [1.165, 1.54) is 34.6 Å². The molecule has 1 aliphatic rings. The van der Waals surface area contributed by atoms with Crippen LogP contribution in [0.15, 0.2) is 54.6 Å². The average molecular weight is 344 g/mol. The number of halogens is 1. The third-order valence-corrected chi connectivity index (χ3v) is 4.94. The van der Waals surface area contributed by atoms with Crippen LogP contribution in [0.4, 0.5) is 4.39 Å². The third kappa shape index (κ3) is 4.44. The van der Waals surface area contributed by atoms with Gasteiger partial charge in [0.1, 0.15) is 38.5 Å². The quantitative estimate of drug-likeness (QED) is 0.751. The van der Waals surface area contributed by atoms with Crippen molar-refractivity contribution in [1.29, 1.82) is 0 Å². The minimum Gasteiger partial charge on any atom is -0.464 e. The van der Waals surface area contributed by atoms with E-state index in [0.717, 1.165) is 38.3 Å². The lowest BCUT2D eigenvalue weighted by molar-refractivity contribution is -1.03. The van der Waals surface area contributed by atoms with E-state index in [2.05, 4.69) is 24.3 Å². The summed E-state index contributed by atoms with van der Waals surface area (Å²) in [5.41, 5.74) is 2.15. The molecule has 1 saturated heterocycles. The molecule has 1 atom stereocenters. The summed E-state index contributed by atoms with van der Waals surface area (Å²) in [6.45, 7) is 4.78. The molecule has 2 aromatic rings. The lowest BCUT2D eigenvalue weighted by Gasteiger charge is -2.33. The summed E-state index contributed by atoms with van der Waals surface area (Å²) in [6.07, 6.45) is 0. The zero-order chi connectivity index (χ0) is 17.6. The molecule has 0 unspecified atom stereocenters. The molecule has 5 heteroatoms. The molecular formula is C20H25FN2O2+2. The van der Waals surface area contributed by atoms with Gasteiger partial charge < -0.3 is 14.5 Å². The summed E-state index contributed by atoms with van der Waals surface area (Å²) in [4.78, 5) is 15.0. The Morgan fingerprint density at radius 2 is 1.68 bits per heavy atom. The highest BCUT2D eigenvalue weighted by molar-refractivity contribution is 5.75. The van der Waals surface area contributed by atoms with Crippen LogP contribution in [-0.2, 0) is 16.1 Å². The van der Waals surface area contributed by atoms with Crippen LogP contribution < -0.4 is 9.80 Å². The molecule has 1 fully saturated rings. The second-order valence-corrected chi connectivity index (χ2v) is 6.58. The number of esters is 1. The fourth-order valence-electron chi connectivity index (χ4n) is 3.59. The minimum absolute atomic E-state index is 0.256. The summed E-state index contributed by atoms with van der Waals surface area (Å²) in [5.74, 6) is -0.549. The van der Waals surface area contributed by atoms with Crippen LogP contribution >= 0.6 is 0 Å². The first-order chi connectivity index (χ1) is 12.2. The molecule has 0 saturated carbocycles. The van der Waals surface area contributed by atoms with Gasteiger partial charge in [-0.3, -0.25) is 0 Å². The van der Waals surface area contributed by atoms with Crippen LogP contribution in [0.5, 0.6) is 0 Å². The van der Waals surface area contributed by atoms with Crippen molar-refractivity contribution in [2.24, 2.45) is 0 Å². The summed E-state index contributed by atoms with van der Waals surface area (Å²) >= 11 is 0. The Kier molecular flexibility index (Phi) is 5.79. The second-order valence-electron chi connectivity index (χ2n) is 6.58. The summed E-state index contributed by atoms with van der Waals surface area (Å²) in [7, 11) is 1.41. The van der Waals surface area contributed by atoms with Gasteiger partial charge in [-0.2, -0.15) is 0 Å². The number of hydrogen-bond donors (Lipinski definition) is 2. The van der Waals surface area contributed by atoms with E-state index in [1.54, 1.807) is 12.1 Å². The first kappa shape index (κ1) is 17.6. The number of rotatable bonds is 5. The van der Waals surface area contributed by atoms with Gasteiger partial charge in [0.25, 0.3) is 0 Å². The van der Waals surface area contributed by atoms with Gasteiger partial charge in [0.2, 0.25) is 6.04 Å². The number of carbonyl (C=O) groups excluding carboxylic acids is 1. The highest BCUT2D eigenvalue weighted by Gasteiger charge is 2.36. The van der Waals surface area contributed by atoms with Crippen molar-refractivity contribution in [2.75, 3.05) is 33.3 Å². The predicted octanol–water partition coefficient (Wildman–Crippen LogP) is 0.0234. The second kappa shape index (κ2) is 8.23. The molecule has 0 aromatic heterocycles. The normalized spacial score (nSPS) is 21.5. The van der Waals surface area contributed by atoms with Crippen molar-refractivity contribution in [1.82, 2.24) is 0 Å². The molecule has 0 bridgehead atoms. The van der Waals surface area contributed by atoms with Crippen molar-refractivity contribution in [3.63, 3.8) is 0 Å². The van der Waals surface area contributed by atoms with Crippen LogP contribution in [0, 0.1) is 5.82 Å². The first-order valence-corrected chi connectivity index (χ1v) is 8.72. The topological polar surface area (TPSA) is 35.2 Å². The van der Waals surface area contributed by atoms with Gasteiger partial charge in [0.15, 0.2) is 0 Å². The maximum Gasteiger partial charge on any atom is 0.369 e. The van der Waals surface area contributed by atoms with Crippen LogP contribution in [0.2, 0.25) is 0 Å². The number of carbonyl (C=O) groups is 1. The molecule has 2 aromatic carbocycles. The molecule has 1 heterocycles. The molecule has 4 nitrogen and oxygen atoms in total. The number of ether oxygens (including phenoxy) is 1. The number of quaternary nitrogens is 2. The van der Waals surface area contributed by atoms with E-state index >= 15 is 0 Å². The van der Waals surface area contributed by atoms with E-state index in [9.17, 15) is 9.18 Å². The molecule has 2 N–H and O–H groups in total. The van der Waals surface area contributed by atoms with E-state index < -0.39 is 0 Å². The van der Waals surface area contributed by atoms with Crippen LogP contribution in [0.25, 0.3) is 0 Å². The summed E-state index contributed by atoms with van der Waals surface area (Å²) in [5, 5.41) is 0. The third-order valence-electron chi connectivity index (χ3n) is 4.94. The predicted molar refractivity (Wildman–Crippen MR) is 92.7 cm³/mol. The van der Waals surface area contributed by atoms with Crippen LogP contribution in [0.3, 0.4) is 0 Å². The van der Waals surface area contributed by atoms with E-state index in [0.29, 0.717) is 0 Å². The number of benzene rings is 2. The largest absolute Gasteiger partial charge is 0.464 e. The molecule has 3 rings (SSSR count). The fraction of sp³-hybridized carbons (Fsp3) is 0.350. The number of methoxy groups -OCH3 is 1. The van der Waals surface area contributed by atoms with Gasteiger partial charge in [-0.15, -0.1) is 0 Å². The van der Waals surface area contributed by atoms with Crippen molar-refractivity contribution >= 4 is 5.97 Å². The number of nitrogens with one attached hydrogen (secondary N) is 2. The smallest absolute Gasteiger partial charge is 0.369 e. The highest BCUT2D eigenvalue weighted by atomic mass is 19.1. The monoisotopic (exact) mass is 344 g/mol. The van der Waals surface area contributed by atoms with E-state index in [1.807, 2.05) is 6.07 Å². The minimum atomic E-state index is -0.385.